The van der Waals surface area contributed by atoms with Gasteiger partial charge in [-0.1, -0.05) is 36.8 Å². The zero-order valence-electron chi connectivity index (χ0n) is 18.0. The summed E-state index contributed by atoms with van der Waals surface area (Å²) in [7, 11) is 0. The normalized spacial score (nSPS) is 14.6. The van der Waals surface area contributed by atoms with Gasteiger partial charge in [0.2, 0.25) is 5.88 Å². The van der Waals surface area contributed by atoms with Gasteiger partial charge in [0.1, 0.15) is 22.7 Å². The quantitative estimate of drug-likeness (QED) is 0.448. The lowest BCUT2D eigenvalue weighted by Crippen LogP contribution is -2.38. The molecule has 0 unspecified atom stereocenters. The highest BCUT2D eigenvalue weighted by Crippen LogP contribution is 2.29. The predicted molar refractivity (Wildman–Crippen MR) is 125 cm³/mol. The third kappa shape index (κ3) is 5.55. The smallest absolute Gasteiger partial charge is 0.308 e. The minimum Gasteiger partial charge on any atom is -0.473 e. The Balaban J connectivity index is 1.31. The van der Waals surface area contributed by atoms with E-state index in [1.807, 2.05) is 0 Å². The maximum absolute atomic E-state index is 11.6. The minimum atomic E-state index is -0.233. The molecule has 168 valence electrons. The highest BCUT2D eigenvalue weighted by molar-refractivity contribution is 7.14. The number of esters is 1. The van der Waals surface area contributed by atoms with E-state index in [0.717, 1.165) is 36.5 Å². The first-order valence-corrected chi connectivity index (χ1v) is 11.8. The Labute approximate surface area is 196 Å². The van der Waals surface area contributed by atoms with E-state index >= 15 is 0 Å². The van der Waals surface area contributed by atoms with E-state index in [1.165, 1.54) is 17.0 Å². The van der Waals surface area contributed by atoms with Gasteiger partial charge in [0.05, 0.1) is 5.92 Å². The molecule has 1 aliphatic rings. The highest BCUT2D eigenvalue weighted by atomic mass is 35.5. The Morgan fingerprint density at radius 1 is 1.19 bits per heavy atom. The fourth-order valence-electron chi connectivity index (χ4n) is 3.39. The summed E-state index contributed by atoms with van der Waals surface area (Å²) in [5, 5.41) is 10.4. The number of ether oxygens (including phenoxy) is 2. The summed E-state index contributed by atoms with van der Waals surface area (Å²) in [5.74, 6) is 0.121. The van der Waals surface area contributed by atoms with E-state index in [1.54, 1.807) is 32.2 Å². The number of rotatable bonds is 7. The van der Waals surface area contributed by atoms with Crippen molar-refractivity contribution in [3.05, 3.63) is 52.6 Å². The van der Waals surface area contributed by atoms with Crippen LogP contribution in [0.2, 0.25) is 5.02 Å². The molecule has 0 amide bonds. The molecule has 1 saturated heterocycles. The van der Waals surface area contributed by atoms with Gasteiger partial charge in [-0.05, 0) is 36.4 Å². The third-order valence-electron chi connectivity index (χ3n) is 5.20. The van der Waals surface area contributed by atoms with Crippen LogP contribution in [0.15, 0.2) is 42.6 Å². The van der Waals surface area contributed by atoms with Crippen molar-refractivity contribution in [3.8, 4) is 16.5 Å². The summed E-state index contributed by atoms with van der Waals surface area (Å²) in [6.45, 7) is 5.58. The number of carbonyl (C=O) groups is 1. The molecule has 0 N–H and O–H groups in total. The number of carbonyl (C=O) groups excluding carboxylic acids is 1. The van der Waals surface area contributed by atoms with Crippen LogP contribution < -0.4 is 9.64 Å². The SMILES string of the molecule is CC(C)C(=O)OCc1nnc(-c2ccc(N3CCC(Oc4ncccc4Cl)CC3)cc2)s1. The van der Waals surface area contributed by atoms with Gasteiger partial charge >= 0.3 is 5.97 Å². The number of hydrogen-bond donors (Lipinski definition) is 0. The molecule has 2 aromatic heterocycles. The van der Waals surface area contributed by atoms with E-state index in [-0.39, 0.29) is 24.6 Å². The van der Waals surface area contributed by atoms with Gasteiger partial charge in [-0.2, -0.15) is 0 Å². The van der Waals surface area contributed by atoms with E-state index < -0.39 is 0 Å². The van der Waals surface area contributed by atoms with Crippen molar-refractivity contribution in [2.24, 2.45) is 5.92 Å². The van der Waals surface area contributed by atoms with Gasteiger partial charge in [0.15, 0.2) is 5.01 Å². The molecular formula is C23H25ClN4O3S. The first kappa shape index (κ1) is 22.5. The number of halogens is 1. The van der Waals surface area contributed by atoms with E-state index in [0.29, 0.717) is 15.9 Å². The summed E-state index contributed by atoms with van der Waals surface area (Å²) < 4.78 is 11.2. The van der Waals surface area contributed by atoms with Crippen molar-refractivity contribution < 1.29 is 14.3 Å². The highest BCUT2D eigenvalue weighted by Gasteiger charge is 2.22. The van der Waals surface area contributed by atoms with Crippen molar-refractivity contribution in [3.63, 3.8) is 0 Å². The molecular weight excluding hydrogens is 448 g/mol. The second kappa shape index (κ2) is 10.3. The van der Waals surface area contributed by atoms with Crippen molar-refractivity contribution in [1.29, 1.82) is 0 Å². The molecule has 0 saturated carbocycles. The summed E-state index contributed by atoms with van der Waals surface area (Å²) in [4.78, 5) is 18.2. The number of aromatic nitrogens is 3. The summed E-state index contributed by atoms with van der Waals surface area (Å²) in [6, 6.07) is 11.9. The van der Waals surface area contributed by atoms with Crippen LogP contribution in [-0.2, 0) is 16.1 Å². The Bertz CT molecular complexity index is 1050. The van der Waals surface area contributed by atoms with E-state index in [2.05, 4.69) is 44.3 Å². The summed E-state index contributed by atoms with van der Waals surface area (Å²) >= 11 is 7.59. The van der Waals surface area contributed by atoms with Gasteiger partial charge in [-0.25, -0.2) is 4.98 Å². The maximum atomic E-state index is 11.6. The van der Waals surface area contributed by atoms with Crippen LogP contribution in [0.25, 0.3) is 10.6 Å². The van der Waals surface area contributed by atoms with Gasteiger partial charge in [-0.3, -0.25) is 4.79 Å². The van der Waals surface area contributed by atoms with Crippen LogP contribution in [0, 0.1) is 5.92 Å². The molecule has 7 nitrogen and oxygen atoms in total. The zero-order chi connectivity index (χ0) is 22.5. The number of piperidine rings is 1. The fourth-order valence-corrected chi connectivity index (χ4v) is 4.31. The molecule has 4 rings (SSSR count). The molecule has 0 atom stereocenters. The molecule has 32 heavy (non-hydrogen) atoms. The van der Waals surface area contributed by atoms with Crippen LogP contribution in [0.3, 0.4) is 0 Å². The number of anilines is 1. The van der Waals surface area contributed by atoms with Gasteiger partial charge in [-0.15, -0.1) is 10.2 Å². The lowest BCUT2D eigenvalue weighted by atomic mass is 10.1. The van der Waals surface area contributed by atoms with Crippen LogP contribution >= 0.6 is 22.9 Å². The zero-order valence-corrected chi connectivity index (χ0v) is 19.6. The molecule has 1 aromatic carbocycles. The van der Waals surface area contributed by atoms with Crippen molar-refractivity contribution in [2.75, 3.05) is 18.0 Å². The van der Waals surface area contributed by atoms with E-state index in [4.69, 9.17) is 21.1 Å². The Morgan fingerprint density at radius 3 is 2.62 bits per heavy atom. The summed E-state index contributed by atoms with van der Waals surface area (Å²) in [5.41, 5.74) is 2.16. The molecule has 0 spiro atoms. The maximum Gasteiger partial charge on any atom is 0.308 e. The topological polar surface area (TPSA) is 77.4 Å². The molecule has 0 aliphatic carbocycles. The second-order valence-electron chi connectivity index (χ2n) is 7.90. The number of pyridine rings is 1. The van der Waals surface area contributed by atoms with Gasteiger partial charge in [0, 0.05) is 43.4 Å². The Kier molecular flexibility index (Phi) is 7.22. The van der Waals surface area contributed by atoms with Crippen LogP contribution in [0.5, 0.6) is 5.88 Å². The number of nitrogens with zero attached hydrogens (tertiary/aromatic N) is 4. The van der Waals surface area contributed by atoms with Crippen LogP contribution in [-0.4, -0.2) is 40.3 Å². The summed E-state index contributed by atoms with van der Waals surface area (Å²) in [6.07, 6.45) is 3.62. The molecule has 3 heterocycles. The van der Waals surface area contributed by atoms with Crippen molar-refractivity contribution >= 4 is 34.6 Å². The third-order valence-corrected chi connectivity index (χ3v) is 6.43. The number of hydrogen-bond acceptors (Lipinski definition) is 8. The minimum absolute atomic E-state index is 0.113. The Hall–Kier alpha value is -2.71. The molecule has 3 aromatic rings. The monoisotopic (exact) mass is 472 g/mol. The van der Waals surface area contributed by atoms with Crippen LogP contribution in [0.1, 0.15) is 31.7 Å². The first-order chi connectivity index (χ1) is 15.5. The van der Waals surface area contributed by atoms with Gasteiger partial charge in [0.25, 0.3) is 0 Å². The second-order valence-corrected chi connectivity index (χ2v) is 9.37. The van der Waals surface area contributed by atoms with Gasteiger partial charge < -0.3 is 14.4 Å². The lowest BCUT2D eigenvalue weighted by molar-refractivity contribution is -0.148. The average Bonchev–Trinajstić information content (AvgIpc) is 3.29. The lowest BCUT2D eigenvalue weighted by Gasteiger charge is -2.33. The number of benzene rings is 1. The standard InChI is InChI=1S/C23H25ClN4O3S/c1-15(2)23(29)30-14-20-26-27-22(32-20)16-5-7-17(8-6-16)28-12-9-18(10-13-28)31-21-19(24)4-3-11-25-21/h3-8,11,15,18H,9-10,12-14H2,1-2H3. The predicted octanol–water partition coefficient (Wildman–Crippen LogP) is 5.00. The first-order valence-electron chi connectivity index (χ1n) is 10.6. The van der Waals surface area contributed by atoms with Crippen LogP contribution in [0.4, 0.5) is 5.69 Å². The van der Waals surface area contributed by atoms with E-state index in [9.17, 15) is 4.79 Å². The van der Waals surface area contributed by atoms with Crippen molar-refractivity contribution in [2.45, 2.75) is 39.4 Å². The fraction of sp³-hybridized carbons (Fsp3) is 0.391. The Morgan fingerprint density at radius 2 is 1.94 bits per heavy atom. The molecule has 9 heteroatoms. The molecule has 0 bridgehead atoms. The molecule has 1 aliphatic heterocycles. The largest absolute Gasteiger partial charge is 0.473 e. The molecule has 0 radical (unpaired) electrons. The molecule has 1 fully saturated rings. The average molecular weight is 473 g/mol. The van der Waals surface area contributed by atoms with Crippen molar-refractivity contribution in [1.82, 2.24) is 15.2 Å².